The van der Waals surface area contributed by atoms with Gasteiger partial charge in [-0.1, -0.05) is 58.3 Å². The van der Waals surface area contributed by atoms with E-state index in [0.29, 0.717) is 6.42 Å². The lowest BCUT2D eigenvalue weighted by Gasteiger charge is -2.10. The molecule has 0 spiro atoms. The quantitative estimate of drug-likeness (QED) is 0.304. The summed E-state index contributed by atoms with van der Waals surface area (Å²) >= 11 is 0. The van der Waals surface area contributed by atoms with Crippen molar-refractivity contribution in [2.45, 2.75) is 71.1 Å². The molecule has 1 amide bonds. The number of carbonyl (C=O) groups is 2. The van der Waals surface area contributed by atoms with E-state index in [1.54, 1.807) is 19.0 Å². The Hall–Kier alpha value is -1.10. The van der Waals surface area contributed by atoms with Gasteiger partial charge >= 0.3 is 5.97 Å². The summed E-state index contributed by atoms with van der Waals surface area (Å²) in [5.74, 6) is -0.367. The standard InChI is InChI=1S/C17H34N2O3/c1-4-5-6-7-8-9-10-11-12-13-16(20)18-15-22-17(21)14-19(2)3/h4-15H2,1-3H3,(H,18,20). The third-order valence-corrected chi connectivity index (χ3v) is 3.46. The first kappa shape index (κ1) is 20.9. The molecule has 0 fully saturated rings. The third kappa shape index (κ3) is 15.3. The number of likely N-dealkylation sites (N-methyl/N-ethyl adjacent to an activating group) is 1. The Labute approximate surface area is 135 Å². The zero-order chi connectivity index (χ0) is 16.6. The smallest absolute Gasteiger partial charge is 0.321 e. The minimum Gasteiger partial charge on any atom is -0.443 e. The second-order valence-corrected chi connectivity index (χ2v) is 6.08. The highest BCUT2D eigenvalue weighted by molar-refractivity contribution is 5.76. The molecule has 0 aromatic rings. The molecule has 22 heavy (non-hydrogen) atoms. The van der Waals surface area contributed by atoms with E-state index in [9.17, 15) is 9.59 Å². The number of rotatable bonds is 14. The zero-order valence-electron chi connectivity index (χ0n) is 14.7. The van der Waals surface area contributed by atoms with E-state index < -0.39 is 0 Å². The monoisotopic (exact) mass is 314 g/mol. The molecule has 0 saturated heterocycles. The van der Waals surface area contributed by atoms with Gasteiger partial charge in [-0.25, -0.2) is 0 Å². The van der Waals surface area contributed by atoms with E-state index in [-0.39, 0.29) is 25.2 Å². The first-order valence-electron chi connectivity index (χ1n) is 8.63. The number of hydrogen-bond donors (Lipinski definition) is 1. The normalized spacial score (nSPS) is 10.7. The Morgan fingerprint density at radius 2 is 1.45 bits per heavy atom. The van der Waals surface area contributed by atoms with Crippen LogP contribution in [0.15, 0.2) is 0 Å². The molecular weight excluding hydrogens is 280 g/mol. The maximum atomic E-state index is 11.5. The Kier molecular flexibility index (Phi) is 14.1. The van der Waals surface area contributed by atoms with Gasteiger partial charge < -0.3 is 10.1 Å². The lowest BCUT2D eigenvalue weighted by molar-refractivity contribution is -0.146. The SMILES string of the molecule is CCCCCCCCCCCC(=O)NCOC(=O)CN(C)C. The highest BCUT2D eigenvalue weighted by Crippen LogP contribution is 2.10. The fourth-order valence-corrected chi connectivity index (χ4v) is 2.19. The third-order valence-electron chi connectivity index (χ3n) is 3.46. The molecule has 0 aliphatic carbocycles. The van der Waals surface area contributed by atoms with Gasteiger partial charge in [-0.3, -0.25) is 14.5 Å². The van der Waals surface area contributed by atoms with Crippen LogP contribution >= 0.6 is 0 Å². The van der Waals surface area contributed by atoms with Gasteiger partial charge in [-0.05, 0) is 20.5 Å². The van der Waals surface area contributed by atoms with Crippen LogP contribution in [0.25, 0.3) is 0 Å². The summed E-state index contributed by atoms with van der Waals surface area (Å²) in [6, 6.07) is 0. The van der Waals surface area contributed by atoms with E-state index >= 15 is 0 Å². The van der Waals surface area contributed by atoms with Crippen LogP contribution in [-0.2, 0) is 14.3 Å². The van der Waals surface area contributed by atoms with Crippen molar-refractivity contribution in [1.29, 1.82) is 0 Å². The molecule has 0 atom stereocenters. The zero-order valence-corrected chi connectivity index (χ0v) is 14.7. The van der Waals surface area contributed by atoms with Gasteiger partial charge in [0.2, 0.25) is 5.91 Å². The van der Waals surface area contributed by atoms with Crippen molar-refractivity contribution in [2.75, 3.05) is 27.4 Å². The van der Waals surface area contributed by atoms with Crippen molar-refractivity contribution in [1.82, 2.24) is 10.2 Å². The number of hydrogen-bond acceptors (Lipinski definition) is 4. The molecule has 0 radical (unpaired) electrons. The van der Waals surface area contributed by atoms with E-state index in [0.717, 1.165) is 12.8 Å². The molecule has 0 aromatic heterocycles. The molecule has 0 aromatic carbocycles. The molecule has 5 heteroatoms. The first-order chi connectivity index (χ1) is 10.6. The topological polar surface area (TPSA) is 58.6 Å². The molecule has 1 N–H and O–H groups in total. The molecule has 0 aliphatic rings. The maximum absolute atomic E-state index is 11.5. The Bertz CT molecular complexity index is 294. The summed E-state index contributed by atoms with van der Waals surface area (Å²) < 4.78 is 4.90. The van der Waals surface area contributed by atoms with Crippen molar-refractivity contribution >= 4 is 11.9 Å². The average molecular weight is 314 g/mol. The fourth-order valence-electron chi connectivity index (χ4n) is 2.19. The number of carbonyl (C=O) groups excluding carboxylic acids is 2. The summed E-state index contributed by atoms with van der Waals surface area (Å²) in [6.45, 7) is 2.44. The van der Waals surface area contributed by atoms with Gasteiger partial charge in [-0.2, -0.15) is 0 Å². The lowest BCUT2D eigenvalue weighted by atomic mass is 10.1. The molecular formula is C17H34N2O3. The number of nitrogens with zero attached hydrogens (tertiary/aromatic N) is 1. The summed E-state index contributed by atoms with van der Waals surface area (Å²) in [6.07, 6.45) is 11.6. The first-order valence-corrected chi connectivity index (χ1v) is 8.63. The number of amides is 1. The van der Waals surface area contributed by atoms with Crippen LogP contribution < -0.4 is 5.32 Å². The molecule has 130 valence electrons. The van der Waals surface area contributed by atoms with Gasteiger partial charge in [0.25, 0.3) is 0 Å². The number of nitrogens with one attached hydrogen (secondary N) is 1. The summed E-state index contributed by atoms with van der Waals surface area (Å²) in [5, 5.41) is 2.61. The van der Waals surface area contributed by atoms with Crippen LogP contribution in [0, 0.1) is 0 Å². The van der Waals surface area contributed by atoms with Crippen molar-refractivity contribution in [2.24, 2.45) is 0 Å². The Balaban J connectivity index is 3.31. The van der Waals surface area contributed by atoms with Crippen LogP contribution in [0.2, 0.25) is 0 Å². The Morgan fingerprint density at radius 1 is 0.909 bits per heavy atom. The molecule has 0 unspecified atom stereocenters. The minimum absolute atomic E-state index is 0.0249. The van der Waals surface area contributed by atoms with Crippen LogP contribution in [0.5, 0.6) is 0 Å². The lowest BCUT2D eigenvalue weighted by Crippen LogP contribution is -2.30. The summed E-state index contributed by atoms with van der Waals surface area (Å²) in [5.41, 5.74) is 0. The van der Waals surface area contributed by atoms with Gasteiger partial charge in [0.05, 0.1) is 6.54 Å². The molecule has 0 bridgehead atoms. The Morgan fingerprint density at radius 3 is 2.00 bits per heavy atom. The van der Waals surface area contributed by atoms with E-state index in [4.69, 9.17) is 4.74 Å². The number of unbranched alkanes of at least 4 members (excludes halogenated alkanes) is 8. The van der Waals surface area contributed by atoms with Crippen molar-refractivity contribution in [3.05, 3.63) is 0 Å². The molecule has 0 saturated carbocycles. The number of ether oxygens (including phenoxy) is 1. The van der Waals surface area contributed by atoms with Gasteiger partial charge in [-0.15, -0.1) is 0 Å². The van der Waals surface area contributed by atoms with Crippen LogP contribution in [0.4, 0.5) is 0 Å². The number of esters is 1. The van der Waals surface area contributed by atoms with Crippen LogP contribution in [0.3, 0.4) is 0 Å². The van der Waals surface area contributed by atoms with Crippen molar-refractivity contribution in [3.8, 4) is 0 Å². The van der Waals surface area contributed by atoms with E-state index in [1.165, 1.54) is 44.9 Å². The maximum Gasteiger partial charge on any atom is 0.321 e. The van der Waals surface area contributed by atoms with E-state index in [1.807, 2.05) is 0 Å². The fraction of sp³-hybridized carbons (Fsp3) is 0.882. The largest absolute Gasteiger partial charge is 0.443 e. The summed E-state index contributed by atoms with van der Waals surface area (Å²) in [7, 11) is 3.59. The molecule has 0 aliphatic heterocycles. The van der Waals surface area contributed by atoms with Gasteiger partial charge in [0, 0.05) is 6.42 Å². The molecule has 0 heterocycles. The predicted molar refractivity (Wildman–Crippen MR) is 89.5 cm³/mol. The van der Waals surface area contributed by atoms with Crippen molar-refractivity contribution in [3.63, 3.8) is 0 Å². The second kappa shape index (κ2) is 14.8. The van der Waals surface area contributed by atoms with Crippen LogP contribution in [0.1, 0.15) is 71.1 Å². The second-order valence-electron chi connectivity index (χ2n) is 6.08. The van der Waals surface area contributed by atoms with Crippen LogP contribution in [-0.4, -0.2) is 44.1 Å². The molecule has 5 nitrogen and oxygen atoms in total. The average Bonchev–Trinajstić information content (AvgIpc) is 2.44. The van der Waals surface area contributed by atoms with Crippen molar-refractivity contribution < 1.29 is 14.3 Å². The minimum atomic E-state index is -0.326. The predicted octanol–water partition coefficient (Wildman–Crippen LogP) is 3.09. The highest BCUT2D eigenvalue weighted by atomic mass is 16.5. The van der Waals surface area contributed by atoms with E-state index in [2.05, 4.69) is 12.2 Å². The van der Waals surface area contributed by atoms with Gasteiger partial charge in [0.1, 0.15) is 0 Å². The molecule has 0 rings (SSSR count). The summed E-state index contributed by atoms with van der Waals surface area (Å²) in [4.78, 5) is 24.5. The van der Waals surface area contributed by atoms with Gasteiger partial charge in [0.15, 0.2) is 6.73 Å². The highest BCUT2D eigenvalue weighted by Gasteiger charge is 2.05.